The van der Waals surface area contributed by atoms with Crippen LogP contribution in [0.3, 0.4) is 0 Å². The van der Waals surface area contributed by atoms with Gasteiger partial charge in [-0.3, -0.25) is 0 Å². The number of nitrogens with one attached hydrogen (secondary N) is 1. The quantitative estimate of drug-likeness (QED) is 0.851. The van der Waals surface area contributed by atoms with Gasteiger partial charge in [-0.05, 0) is 37.5 Å². The normalized spacial score (nSPS) is 22.9. The highest BCUT2D eigenvalue weighted by Gasteiger charge is 2.26. The molecule has 0 amide bonds. The highest BCUT2D eigenvalue weighted by Crippen LogP contribution is 2.28. The van der Waals surface area contributed by atoms with Gasteiger partial charge in [-0.2, -0.15) is 11.8 Å². The van der Waals surface area contributed by atoms with Crippen LogP contribution in [-0.4, -0.2) is 17.5 Å². The van der Waals surface area contributed by atoms with Crippen LogP contribution in [-0.2, 0) is 5.54 Å². The highest BCUT2D eigenvalue weighted by molar-refractivity contribution is 7.99. The van der Waals surface area contributed by atoms with E-state index < -0.39 is 0 Å². The maximum Gasteiger partial charge on any atom is 0.0473 e. The number of hydrogen-bond donors (Lipinski definition) is 1. The molecule has 1 fully saturated rings. The van der Waals surface area contributed by atoms with E-state index in [1.54, 1.807) is 0 Å². The van der Waals surface area contributed by atoms with Crippen molar-refractivity contribution < 1.29 is 0 Å². The second kappa shape index (κ2) is 4.25. The summed E-state index contributed by atoms with van der Waals surface area (Å²) in [6.07, 6.45) is 1.32. The lowest BCUT2D eigenvalue weighted by Crippen LogP contribution is -2.43. The van der Waals surface area contributed by atoms with E-state index in [2.05, 4.69) is 48.4 Å². The first kappa shape index (κ1) is 10.5. The molecule has 3 heteroatoms. The molecule has 14 heavy (non-hydrogen) atoms. The minimum atomic E-state index is 0.143. The van der Waals surface area contributed by atoms with Crippen molar-refractivity contribution in [3.63, 3.8) is 0 Å². The van der Waals surface area contributed by atoms with Gasteiger partial charge in [0.1, 0.15) is 0 Å². The zero-order valence-corrected chi connectivity index (χ0v) is 10.4. The third-order valence-corrected chi connectivity index (χ3v) is 4.99. The van der Waals surface area contributed by atoms with Gasteiger partial charge >= 0.3 is 0 Å². The van der Waals surface area contributed by atoms with Crippen LogP contribution in [0.4, 0.5) is 0 Å². The number of hydrogen-bond acceptors (Lipinski definition) is 3. The van der Waals surface area contributed by atoms with E-state index >= 15 is 0 Å². The predicted molar refractivity (Wildman–Crippen MR) is 66.2 cm³/mol. The molecule has 2 rings (SSSR count). The van der Waals surface area contributed by atoms with Gasteiger partial charge in [0.2, 0.25) is 0 Å². The second-order valence-electron chi connectivity index (χ2n) is 4.31. The maximum atomic E-state index is 3.75. The van der Waals surface area contributed by atoms with Gasteiger partial charge in [0, 0.05) is 22.2 Å². The molecule has 78 valence electrons. The molecule has 1 unspecified atom stereocenters. The third kappa shape index (κ3) is 2.33. The summed E-state index contributed by atoms with van der Waals surface area (Å²) < 4.78 is 0. The van der Waals surface area contributed by atoms with Crippen LogP contribution in [0, 0.1) is 0 Å². The lowest BCUT2D eigenvalue weighted by molar-refractivity contribution is 0.362. The molecule has 1 aromatic rings. The van der Waals surface area contributed by atoms with Crippen LogP contribution < -0.4 is 5.32 Å². The molecule has 0 bridgehead atoms. The van der Waals surface area contributed by atoms with Gasteiger partial charge in [-0.1, -0.05) is 6.07 Å². The minimum absolute atomic E-state index is 0.143. The Morgan fingerprint density at radius 3 is 2.93 bits per heavy atom. The minimum Gasteiger partial charge on any atom is -0.304 e. The molecule has 1 aliphatic rings. The van der Waals surface area contributed by atoms with Gasteiger partial charge in [-0.25, -0.2) is 0 Å². The molecule has 2 heterocycles. The fraction of sp³-hybridized carbons (Fsp3) is 0.636. The summed E-state index contributed by atoms with van der Waals surface area (Å²) >= 11 is 3.90. The number of thioether (sulfide) groups is 1. The zero-order chi connectivity index (χ0) is 10.0. The van der Waals surface area contributed by atoms with Crippen molar-refractivity contribution in [2.24, 2.45) is 0 Å². The summed E-state index contributed by atoms with van der Waals surface area (Å²) in [6.45, 7) is 4.56. The topological polar surface area (TPSA) is 12.0 Å². The molecule has 0 radical (unpaired) electrons. The molecule has 1 saturated heterocycles. The predicted octanol–water partition coefficient (Wildman–Crippen LogP) is 3.08. The molecule has 0 saturated carbocycles. The van der Waals surface area contributed by atoms with E-state index in [9.17, 15) is 0 Å². The van der Waals surface area contributed by atoms with Crippen molar-refractivity contribution >= 4 is 23.1 Å². The Balaban J connectivity index is 2.01. The van der Waals surface area contributed by atoms with Crippen molar-refractivity contribution in [3.8, 4) is 0 Å². The Morgan fingerprint density at radius 2 is 2.36 bits per heavy atom. The fourth-order valence-corrected chi connectivity index (χ4v) is 3.83. The average Bonchev–Trinajstić information content (AvgIpc) is 2.71. The van der Waals surface area contributed by atoms with Crippen LogP contribution in [0.5, 0.6) is 0 Å². The first-order chi connectivity index (χ1) is 6.68. The second-order valence-corrected chi connectivity index (χ2v) is 6.40. The lowest BCUT2D eigenvalue weighted by atomic mass is 10.0. The summed E-state index contributed by atoms with van der Waals surface area (Å²) in [6, 6.07) is 5.06. The molecular formula is C11H17NS2. The molecule has 1 atom stereocenters. The van der Waals surface area contributed by atoms with E-state index in [0.29, 0.717) is 6.04 Å². The van der Waals surface area contributed by atoms with E-state index in [1.165, 1.54) is 22.8 Å². The van der Waals surface area contributed by atoms with Crippen LogP contribution in [0.1, 0.15) is 25.1 Å². The maximum absolute atomic E-state index is 3.75. The van der Waals surface area contributed by atoms with E-state index in [4.69, 9.17) is 0 Å². The van der Waals surface area contributed by atoms with Gasteiger partial charge in [0.15, 0.2) is 0 Å². The van der Waals surface area contributed by atoms with Crippen molar-refractivity contribution in [3.05, 3.63) is 22.4 Å². The van der Waals surface area contributed by atoms with Crippen molar-refractivity contribution in [2.45, 2.75) is 31.8 Å². The Bertz CT molecular complexity index is 273. The molecule has 0 aromatic carbocycles. The standard InChI is InChI=1S/C11H17NS2/c1-11(2,10-4-3-6-14-10)12-9-5-7-13-8-9/h3-4,6,9,12H,5,7-8H2,1-2H3. The Morgan fingerprint density at radius 1 is 1.50 bits per heavy atom. The molecule has 1 aliphatic heterocycles. The van der Waals surface area contributed by atoms with Crippen molar-refractivity contribution in [1.29, 1.82) is 0 Å². The summed E-state index contributed by atoms with van der Waals surface area (Å²) in [5.74, 6) is 2.59. The van der Waals surface area contributed by atoms with Crippen molar-refractivity contribution in [2.75, 3.05) is 11.5 Å². The molecule has 1 N–H and O–H groups in total. The lowest BCUT2D eigenvalue weighted by Gasteiger charge is -2.28. The van der Waals surface area contributed by atoms with Gasteiger partial charge in [0.25, 0.3) is 0 Å². The van der Waals surface area contributed by atoms with E-state index in [-0.39, 0.29) is 5.54 Å². The Hall–Kier alpha value is 0.01000. The molecule has 0 aliphatic carbocycles. The smallest absolute Gasteiger partial charge is 0.0473 e. The highest BCUT2D eigenvalue weighted by atomic mass is 32.2. The molecule has 1 nitrogen and oxygen atoms in total. The number of thiophene rings is 1. The summed E-state index contributed by atoms with van der Waals surface area (Å²) in [7, 11) is 0. The van der Waals surface area contributed by atoms with Gasteiger partial charge in [-0.15, -0.1) is 11.3 Å². The summed E-state index contributed by atoms with van der Waals surface area (Å²) in [5, 5.41) is 5.90. The molecule has 1 aromatic heterocycles. The first-order valence-electron chi connectivity index (χ1n) is 5.08. The fourth-order valence-electron chi connectivity index (χ4n) is 1.86. The van der Waals surface area contributed by atoms with Gasteiger partial charge < -0.3 is 5.32 Å². The Labute approximate surface area is 94.3 Å². The SMILES string of the molecule is CC(C)(NC1CCSC1)c1cccs1. The van der Waals surface area contributed by atoms with Crippen LogP contribution >= 0.6 is 23.1 Å². The van der Waals surface area contributed by atoms with Crippen LogP contribution in [0.15, 0.2) is 17.5 Å². The molecule has 0 spiro atoms. The van der Waals surface area contributed by atoms with E-state index in [0.717, 1.165) is 0 Å². The largest absolute Gasteiger partial charge is 0.304 e. The van der Waals surface area contributed by atoms with E-state index in [1.807, 2.05) is 11.3 Å². The molecular weight excluding hydrogens is 210 g/mol. The first-order valence-corrected chi connectivity index (χ1v) is 7.11. The zero-order valence-electron chi connectivity index (χ0n) is 8.75. The third-order valence-electron chi connectivity index (χ3n) is 2.63. The average molecular weight is 227 g/mol. The summed E-state index contributed by atoms with van der Waals surface area (Å²) in [5.41, 5.74) is 0.143. The Kier molecular flexibility index (Phi) is 3.20. The summed E-state index contributed by atoms with van der Waals surface area (Å²) in [4.78, 5) is 1.44. The van der Waals surface area contributed by atoms with Crippen molar-refractivity contribution in [1.82, 2.24) is 5.32 Å². The van der Waals surface area contributed by atoms with Crippen LogP contribution in [0.2, 0.25) is 0 Å². The number of rotatable bonds is 3. The van der Waals surface area contributed by atoms with Crippen LogP contribution in [0.25, 0.3) is 0 Å². The van der Waals surface area contributed by atoms with Gasteiger partial charge in [0.05, 0.1) is 0 Å². The monoisotopic (exact) mass is 227 g/mol.